The summed E-state index contributed by atoms with van der Waals surface area (Å²) in [5.41, 5.74) is 0.667. The molecule has 0 radical (unpaired) electrons. The highest BCUT2D eigenvalue weighted by molar-refractivity contribution is 7.19. The van der Waals surface area contributed by atoms with E-state index in [4.69, 9.17) is 16.9 Å². The highest BCUT2D eigenvalue weighted by atomic mass is 35.5. The third-order valence-electron chi connectivity index (χ3n) is 2.14. The van der Waals surface area contributed by atoms with Crippen molar-refractivity contribution in [1.82, 2.24) is 0 Å². The first kappa shape index (κ1) is 9.51. The average molecular weight is 222 g/mol. The van der Waals surface area contributed by atoms with Crippen LogP contribution in [0.5, 0.6) is 0 Å². The summed E-state index contributed by atoms with van der Waals surface area (Å²) >= 11 is 7.89. The Labute approximate surface area is 91.5 Å². The number of aryl methyl sites for hydroxylation is 1. The van der Waals surface area contributed by atoms with Crippen molar-refractivity contribution >= 4 is 33.0 Å². The Morgan fingerprint density at radius 2 is 2.29 bits per heavy atom. The Bertz CT molecular complexity index is 522. The molecule has 1 aromatic carbocycles. The smallest absolute Gasteiger partial charge is 0.0991 e. The van der Waals surface area contributed by atoms with Crippen molar-refractivity contribution in [2.75, 3.05) is 0 Å². The van der Waals surface area contributed by atoms with E-state index in [1.54, 1.807) is 11.3 Å². The van der Waals surface area contributed by atoms with Gasteiger partial charge in [0.25, 0.3) is 0 Å². The highest BCUT2D eigenvalue weighted by Gasteiger charge is 2.08. The Hall–Kier alpha value is -1.04. The zero-order valence-electron chi connectivity index (χ0n) is 7.67. The Kier molecular flexibility index (Phi) is 2.45. The number of halogens is 1. The normalized spacial score (nSPS) is 10.4. The highest BCUT2D eigenvalue weighted by Crippen LogP contribution is 2.35. The van der Waals surface area contributed by atoms with Gasteiger partial charge < -0.3 is 0 Å². The minimum Gasteiger partial charge on any atom is -0.192 e. The van der Waals surface area contributed by atoms with Crippen LogP contribution in [0.2, 0.25) is 5.02 Å². The lowest BCUT2D eigenvalue weighted by molar-refractivity contribution is 1.19. The van der Waals surface area contributed by atoms with E-state index < -0.39 is 0 Å². The van der Waals surface area contributed by atoms with E-state index in [2.05, 4.69) is 13.0 Å². The third kappa shape index (κ3) is 1.39. The molecule has 0 spiro atoms. The second-order valence-electron chi connectivity index (χ2n) is 3.02. The van der Waals surface area contributed by atoms with Crippen LogP contribution in [0.3, 0.4) is 0 Å². The maximum atomic E-state index is 8.76. The molecule has 0 saturated heterocycles. The average Bonchev–Trinajstić information content (AvgIpc) is 2.55. The lowest BCUT2D eigenvalue weighted by Gasteiger charge is -1.91. The summed E-state index contributed by atoms with van der Waals surface area (Å²) in [6, 6.07) is 7.76. The number of fused-ring (bicyclic) bond motifs is 1. The van der Waals surface area contributed by atoms with Gasteiger partial charge in [-0.25, -0.2) is 0 Å². The molecular formula is C11H8ClNS. The summed E-state index contributed by atoms with van der Waals surface area (Å²) in [6.07, 6.45) is 0.945. The molecule has 0 amide bonds. The van der Waals surface area contributed by atoms with Crippen LogP contribution in [-0.2, 0) is 6.42 Å². The molecule has 70 valence electrons. The van der Waals surface area contributed by atoms with E-state index in [0.29, 0.717) is 5.56 Å². The van der Waals surface area contributed by atoms with Crippen LogP contribution in [-0.4, -0.2) is 0 Å². The lowest BCUT2D eigenvalue weighted by atomic mass is 10.2. The molecule has 0 unspecified atom stereocenters. The van der Waals surface area contributed by atoms with Crippen LogP contribution in [0.25, 0.3) is 10.1 Å². The molecule has 2 rings (SSSR count). The first-order valence-corrected chi connectivity index (χ1v) is 5.56. The number of benzene rings is 1. The van der Waals surface area contributed by atoms with E-state index in [1.807, 2.05) is 18.2 Å². The topological polar surface area (TPSA) is 23.8 Å². The summed E-state index contributed by atoms with van der Waals surface area (Å²) in [5, 5.41) is 10.6. The molecule has 14 heavy (non-hydrogen) atoms. The van der Waals surface area contributed by atoms with Crippen molar-refractivity contribution in [3.05, 3.63) is 33.7 Å². The zero-order valence-corrected chi connectivity index (χ0v) is 9.25. The molecule has 0 aliphatic rings. The van der Waals surface area contributed by atoms with Gasteiger partial charge in [-0.05, 0) is 24.6 Å². The first-order chi connectivity index (χ1) is 6.76. The fraction of sp³-hybridized carbons (Fsp3) is 0.182. The second-order valence-corrected chi connectivity index (χ2v) is 4.53. The largest absolute Gasteiger partial charge is 0.192 e. The molecule has 1 nitrogen and oxygen atoms in total. The fourth-order valence-corrected chi connectivity index (χ4v) is 2.89. The van der Waals surface area contributed by atoms with Gasteiger partial charge in [0.2, 0.25) is 0 Å². The minimum absolute atomic E-state index is 0.667. The van der Waals surface area contributed by atoms with Crippen LogP contribution < -0.4 is 0 Å². The molecular weight excluding hydrogens is 214 g/mol. The van der Waals surface area contributed by atoms with Gasteiger partial charge in [-0.3, -0.25) is 0 Å². The lowest BCUT2D eigenvalue weighted by Crippen LogP contribution is -1.73. The van der Waals surface area contributed by atoms with Crippen molar-refractivity contribution in [2.24, 2.45) is 0 Å². The molecule has 0 N–H and O–H groups in total. The number of hydrogen-bond donors (Lipinski definition) is 0. The zero-order chi connectivity index (χ0) is 10.1. The SMILES string of the molecule is CCc1sc2ccc(C#N)cc2c1Cl. The van der Waals surface area contributed by atoms with Crippen molar-refractivity contribution in [1.29, 1.82) is 5.26 Å². The molecule has 3 heteroatoms. The number of nitrogens with zero attached hydrogens (tertiary/aromatic N) is 1. The van der Waals surface area contributed by atoms with Gasteiger partial charge in [0.15, 0.2) is 0 Å². The molecule has 0 bridgehead atoms. The molecule has 1 heterocycles. The van der Waals surface area contributed by atoms with Crippen LogP contribution in [0.1, 0.15) is 17.4 Å². The summed E-state index contributed by atoms with van der Waals surface area (Å²) in [6.45, 7) is 2.09. The summed E-state index contributed by atoms with van der Waals surface area (Å²) < 4.78 is 1.16. The van der Waals surface area contributed by atoms with Gasteiger partial charge in [-0.2, -0.15) is 5.26 Å². The maximum Gasteiger partial charge on any atom is 0.0991 e. The molecule has 0 atom stereocenters. The van der Waals surface area contributed by atoms with Gasteiger partial charge in [0.1, 0.15) is 0 Å². The molecule has 2 aromatic rings. The van der Waals surface area contributed by atoms with Crippen molar-refractivity contribution < 1.29 is 0 Å². The van der Waals surface area contributed by atoms with Crippen molar-refractivity contribution in [3.63, 3.8) is 0 Å². The molecule has 0 saturated carbocycles. The molecule has 0 aliphatic carbocycles. The Balaban J connectivity index is 2.75. The predicted octanol–water partition coefficient (Wildman–Crippen LogP) is 3.99. The van der Waals surface area contributed by atoms with E-state index in [-0.39, 0.29) is 0 Å². The van der Waals surface area contributed by atoms with E-state index >= 15 is 0 Å². The van der Waals surface area contributed by atoms with Gasteiger partial charge in [-0.15, -0.1) is 11.3 Å². The first-order valence-electron chi connectivity index (χ1n) is 4.37. The Morgan fingerprint density at radius 3 is 2.93 bits per heavy atom. The molecule has 0 aliphatic heterocycles. The van der Waals surface area contributed by atoms with Crippen LogP contribution in [0.4, 0.5) is 0 Å². The van der Waals surface area contributed by atoms with Crippen LogP contribution >= 0.6 is 22.9 Å². The number of rotatable bonds is 1. The van der Waals surface area contributed by atoms with Gasteiger partial charge in [0, 0.05) is 15.0 Å². The predicted molar refractivity (Wildman–Crippen MR) is 60.9 cm³/mol. The van der Waals surface area contributed by atoms with Crippen molar-refractivity contribution in [3.8, 4) is 6.07 Å². The van der Waals surface area contributed by atoms with Gasteiger partial charge >= 0.3 is 0 Å². The van der Waals surface area contributed by atoms with E-state index in [1.165, 1.54) is 4.88 Å². The maximum absolute atomic E-state index is 8.76. The number of hydrogen-bond acceptors (Lipinski definition) is 2. The van der Waals surface area contributed by atoms with Gasteiger partial charge in [-0.1, -0.05) is 18.5 Å². The number of nitriles is 1. The second kappa shape index (κ2) is 3.61. The summed E-state index contributed by atoms with van der Waals surface area (Å²) in [4.78, 5) is 1.19. The monoisotopic (exact) mass is 221 g/mol. The van der Waals surface area contributed by atoms with E-state index in [9.17, 15) is 0 Å². The van der Waals surface area contributed by atoms with E-state index in [0.717, 1.165) is 21.5 Å². The summed E-state index contributed by atoms with van der Waals surface area (Å²) in [7, 11) is 0. The standard InChI is InChI=1S/C11H8ClNS/c1-2-9-11(12)8-5-7(6-13)3-4-10(8)14-9/h3-5H,2H2,1H3. The number of thiophene rings is 1. The summed E-state index contributed by atoms with van der Waals surface area (Å²) in [5.74, 6) is 0. The van der Waals surface area contributed by atoms with Gasteiger partial charge in [0.05, 0.1) is 16.7 Å². The van der Waals surface area contributed by atoms with Crippen LogP contribution in [0, 0.1) is 11.3 Å². The molecule has 0 fully saturated rings. The Morgan fingerprint density at radius 1 is 1.50 bits per heavy atom. The minimum atomic E-state index is 0.667. The molecule has 1 aromatic heterocycles. The fourth-order valence-electron chi connectivity index (χ4n) is 1.42. The quantitative estimate of drug-likeness (QED) is 0.715. The van der Waals surface area contributed by atoms with Crippen molar-refractivity contribution in [2.45, 2.75) is 13.3 Å². The third-order valence-corrected chi connectivity index (χ3v) is 4.00. The van der Waals surface area contributed by atoms with Crippen LogP contribution in [0.15, 0.2) is 18.2 Å².